The second-order valence-electron chi connectivity index (χ2n) is 12.2. The summed E-state index contributed by atoms with van der Waals surface area (Å²) in [7, 11) is 0. The number of thiazole rings is 1. The third kappa shape index (κ3) is 10.4. The number of unbranched alkanes of at least 4 members (excludes halogenated alkanes) is 6. The first kappa shape index (κ1) is 35.2. The summed E-state index contributed by atoms with van der Waals surface area (Å²) in [5.41, 5.74) is 4.78. The van der Waals surface area contributed by atoms with Gasteiger partial charge in [-0.25, -0.2) is 4.98 Å². The molecule has 0 spiro atoms. The highest BCUT2D eigenvalue weighted by molar-refractivity contribution is 7.13. The van der Waals surface area contributed by atoms with Crippen LogP contribution in [0.1, 0.15) is 102 Å². The number of aliphatic carboxylic acids is 1. The number of β-amino-alcohol motifs (C(OH)–C–C–N with tert-alkyl or cyclic N) is 1. The minimum Gasteiger partial charge on any atom is -0.481 e. The van der Waals surface area contributed by atoms with E-state index in [1.165, 1.54) is 4.90 Å². The average molecular weight is 629 g/mol. The molecule has 0 aliphatic carbocycles. The zero-order chi connectivity index (χ0) is 32.2. The van der Waals surface area contributed by atoms with Gasteiger partial charge in [0.05, 0.1) is 28.2 Å². The number of carbonyl (C=O) groups excluding carboxylic acids is 3. The van der Waals surface area contributed by atoms with Crippen molar-refractivity contribution in [3.05, 3.63) is 41.0 Å². The van der Waals surface area contributed by atoms with Crippen LogP contribution in [0.25, 0.3) is 10.4 Å². The van der Waals surface area contributed by atoms with Crippen LogP contribution in [-0.2, 0) is 19.2 Å². The molecule has 3 rings (SSSR count). The zero-order valence-electron chi connectivity index (χ0n) is 26.4. The minimum absolute atomic E-state index is 0.0414. The van der Waals surface area contributed by atoms with Gasteiger partial charge in [0.25, 0.3) is 0 Å². The van der Waals surface area contributed by atoms with Gasteiger partial charge in [0.15, 0.2) is 0 Å². The van der Waals surface area contributed by atoms with Gasteiger partial charge in [0.2, 0.25) is 17.7 Å². The summed E-state index contributed by atoms with van der Waals surface area (Å²) < 4.78 is 0. The van der Waals surface area contributed by atoms with Gasteiger partial charge in [-0.1, -0.05) is 70.2 Å². The lowest BCUT2D eigenvalue weighted by atomic mass is 10.0. The largest absolute Gasteiger partial charge is 0.481 e. The van der Waals surface area contributed by atoms with Gasteiger partial charge in [-0.3, -0.25) is 19.2 Å². The monoisotopic (exact) mass is 628 g/mol. The molecular formula is C33H48N4O6S. The number of rotatable bonds is 17. The standard InChI is InChI=1S/C33H48N4O6S/c1-21(2)30(36-28(39)12-10-8-6-5-7-9-11-13-29(40)41)33(43)37-19-26(38)18-27(37)32(42)35-22(3)24-14-16-25(17-15-24)31-23(4)34-20-44-31/h14-17,20-22,26-27,30,38H,5-13,18-19H2,1-4H3,(H,35,42)(H,36,39)(H,40,41)/t22-,26+,27-,30?/m0/s1. The quantitative estimate of drug-likeness (QED) is 0.180. The number of hydrogen-bond donors (Lipinski definition) is 4. The van der Waals surface area contributed by atoms with Crippen LogP contribution in [0.4, 0.5) is 0 Å². The third-order valence-electron chi connectivity index (χ3n) is 8.19. The van der Waals surface area contributed by atoms with Crippen LogP contribution in [0.15, 0.2) is 29.8 Å². The number of aromatic nitrogens is 1. The van der Waals surface area contributed by atoms with E-state index in [9.17, 15) is 24.3 Å². The van der Waals surface area contributed by atoms with Crippen molar-refractivity contribution in [2.24, 2.45) is 5.92 Å². The van der Waals surface area contributed by atoms with E-state index in [0.717, 1.165) is 53.8 Å². The predicted octanol–water partition coefficient (Wildman–Crippen LogP) is 4.99. The molecule has 4 N–H and O–H groups in total. The summed E-state index contributed by atoms with van der Waals surface area (Å²) in [5, 5.41) is 25.0. The highest BCUT2D eigenvalue weighted by Crippen LogP contribution is 2.29. The Morgan fingerprint density at radius 2 is 1.57 bits per heavy atom. The van der Waals surface area contributed by atoms with Crippen molar-refractivity contribution in [1.82, 2.24) is 20.5 Å². The Balaban J connectivity index is 1.50. The first-order valence-electron chi connectivity index (χ1n) is 15.8. The molecule has 0 saturated carbocycles. The molecule has 1 unspecified atom stereocenters. The summed E-state index contributed by atoms with van der Waals surface area (Å²) in [6.07, 6.45) is 5.99. The van der Waals surface area contributed by atoms with Crippen LogP contribution >= 0.6 is 11.3 Å². The Morgan fingerprint density at radius 3 is 2.14 bits per heavy atom. The summed E-state index contributed by atoms with van der Waals surface area (Å²) >= 11 is 1.58. The molecule has 4 atom stereocenters. The van der Waals surface area contributed by atoms with Crippen LogP contribution in [0.5, 0.6) is 0 Å². The number of aliphatic hydroxyl groups excluding tert-OH is 1. The number of amides is 3. The number of hydrogen-bond acceptors (Lipinski definition) is 7. The zero-order valence-corrected chi connectivity index (χ0v) is 27.2. The fraction of sp³-hybridized carbons (Fsp3) is 0.606. The fourth-order valence-electron chi connectivity index (χ4n) is 5.58. The molecular weight excluding hydrogens is 580 g/mol. The Kier molecular flexibility index (Phi) is 13.8. The molecule has 3 amide bonds. The molecule has 1 aliphatic heterocycles. The molecule has 1 aromatic heterocycles. The summed E-state index contributed by atoms with van der Waals surface area (Å²) in [4.78, 5) is 57.2. The molecule has 242 valence electrons. The Labute approximate surface area is 264 Å². The van der Waals surface area contributed by atoms with Gasteiger partial charge in [-0.05, 0) is 43.7 Å². The van der Waals surface area contributed by atoms with Gasteiger partial charge in [0, 0.05) is 25.8 Å². The van der Waals surface area contributed by atoms with Crippen LogP contribution in [-0.4, -0.2) is 68.5 Å². The second-order valence-corrected chi connectivity index (χ2v) is 13.0. The lowest BCUT2D eigenvalue weighted by molar-refractivity contribution is -0.142. The number of likely N-dealkylation sites (tertiary alicyclic amines) is 1. The molecule has 1 fully saturated rings. The lowest BCUT2D eigenvalue weighted by Crippen LogP contribution is -2.55. The van der Waals surface area contributed by atoms with E-state index in [1.54, 1.807) is 11.3 Å². The van der Waals surface area contributed by atoms with Gasteiger partial charge < -0.3 is 25.7 Å². The van der Waals surface area contributed by atoms with Crippen molar-refractivity contribution >= 4 is 35.0 Å². The molecule has 1 aliphatic rings. The van der Waals surface area contributed by atoms with Crippen LogP contribution in [0.2, 0.25) is 0 Å². The third-order valence-corrected chi connectivity index (χ3v) is 9.16. The first-order chi connectivity index (χ1) is 21.0. The maximum Gasteiger partial charge on any atom is 0.303 e. The van der Waals surface area contributed by atoms with Crippen LogP contribution < -0.4 is 10.6 Å². The van der Waals surface area contributed by atoms with Gasteiger partial charge in [-0.2, -0.15) is 0 Å². The van der Waals surface area contributed by atoms with E-state index in [0.29, 0.717) is 19.3 Å². The molecule has 1 aromatic carbocycles. The summed E-state index contributed by atoms with van der Waals surface area (Å²) in [5.74, 6) is -1.85. The number of aryl methyl sites for hydroxylation is 1. The second kappa shape index (κ2) is 17.2. The number of nitrogens with zero attached hydrogens (tertiary/aromatic N) is 2. The number of aliphatic hydroxyl groups is 1. The molecule has 2 heterocycles. The van der Waals surface area contributed by atoms with Crippen molar-refractivity contribution in [3.63, 3.8) is 0 Å². The molecule has 10 nitrogen and oxygen atoms in total. The van der Waals surface area contributed by atoms with Crippen molar-refractivity contribution in [2.75, 3.05) is 6.54 Å². The lowest BCUT2D eigenvalue weighted by Gasteiger charge is -2.31. The maximum atomic E-state index is 13.6. The van der Waals surface area contributed by atoms with Gasteiger partial charge >= 0.3 is 5.97 Å². The van der Waals surface area contributed by atoms with E-state index in [1.807, 2.05) is 57.5 Å². The van der Waals surface area contributed by atoms with E-state index >= 15 is 0 Å². The molecule has 0 radical (unpaired) electrons. The van der Waals surface area contributed by atoms with Gasteiger partial charge in [0.1, 0.15) is 12.1 Å². The highest BCUT2D eigenvalue weighted by Gasteiger charge is 2.42. The molecule has 2 aromatic rings. The fourth-order valence-corrected chi connectivity index (χ4v) is 6.40. The minimum atomic E-state index is -0.826. The smallest absolute Gasteiger partial charge is 0.303 e. The van der Waals surface area contributed by atoms with Crippen LogP contribution in [0, 0.1) is 12.8 Å². The molecule has 11 heteroatoms. The predicted molar refractivity (Wildman–Crippen MR) is 171 cm³/mol. The van der Waals surface area contributed by atoms with E-state index in [2.05, 4.69) is 15.6 Å². The Morgan fingerprint density at radius 1 is 0.955 bits per heavy atom. The van der Waals surface area contributed by atoms with Crippen molar-refractivity contribution in [3.8, 4) is 10.4 Å². The van der Waals surface area contributed by atoms with Crippen molar-refractivity contribution < 1.29 is 29.4 Å². The van der Waals surface area contributed by atoms with E-state index < -0.39 is 24.2 Å². The van der Waals surface area contributed by atoms with Crippen molar-refractivity contribution in [2.45, 2.75) is 116 Å². The Hall–Kier alpha value is -3.31. The summed E-state index contributed by atoms with van der Waals surface area (Å²) in [6.45, 7) is 7.61. The number of nitrogens with one attached hydrogen (secondary N) is 2. The number of carbonyl (C=O) groups is 4. The topological polar surface area (TPSA) is 149 Å². The number of benzene rings is 1. The van der Waals surface area contributed by atoms with E-state index in [4.69, 9.17) is 5.11 Å². The number of carboxylic acids is 1. The number of carboxylic acid groups (broad SMARTS) is 1. The molecule has 0 bridgehead atoms. The molecule has 44 heavy (non-hydrogen) atoms. The van der Waals surface area contributed by atoms with E-state index in [-0.39, 0.29) is 49.1 Å². The first-order valence-corrected chi connectivity index (χ1v) is 16.7. The molecule has 1 saturated heterocycles. The van der Waals surface area contributed by atoms with Crippen molar-refractivity contribution in [1.29, 1.82) is 0 Å². The summed E-state index contributed by atoms with van der Waals surface area (Å²) in [6, 6.07) is 6.03. The highest BCUT2D eigenvalue weighted by atomic mass is 32.1. The Bertz CT molecular complexity index is 1250. The van der Waals surface area contributed by atoms with Gasteiger partial charge in [-0.15, -0.1) is 11.3 Å². The van der Waals surface area contributed by atoms with Crippen LogP contribution in [0.3, 0.4) is 0 Å². The maximum absolute atomic E-state index is 13.6. The SMILES string of the molecule is Cc1ncsc1-c1ccc([C@H](C)NC(=O)[C@@H]2C[C@@H](O)CN2C(=O)C(NC(=O)CCCCCCCCCC(=O)O)C(C)C)cc1. The normalized spacial score (nSPS) is 17.8. The average Bonchev–Trinajstić information content (AvgIpc) is 3.59.